The fourth-order valence-corrected chi connectivity index (χ4v) is 4.70. The number of thioether (sulfide) groups is 1. The number of nitrogens with zero attached hydrogens (tertiary/aromatic N) is 5. The van der Waals surface area contributed by atoms with Crippen molar-refractivity contribution in [3.63, 3.8) is 0 Å². The molecule has 1 fully saturated rings. The van der Waals surface area contributed by atoms with Crippen LogP contribution in [-0.2, 0) is 4.79 Å². The minimum atomic E-state index is 0.136. The van der Waals surface area contributed by atoms with Crippen LogP contribution >= 0.6 is 11.8 Å². The second-order valence-corrected chi connectivity index (χ2v) is 8.45. The Morgan fingerprint density at radius 1 is 1.00 bits per heavy atom. The van der Waals surface area contributed by atoms with Gasteiger partial charge in [-0.1, -0.05) is 30.0 Å². The van der Waals surface area contributed by atoms with E-state index in [4.69, 9.17) is 4.74 Å². The van der Waals surface area contributed by atoms with Crippen LogP contribution in [0.25, 0.3) is 5.69 Å². The van der Waals surface area contributed by atoms with Gasteiger partial charge in [0.15, 0.2) is 5.16 Å². The number of amides is 1. The molecule has 1 aliphatic rings. The molecule has 0 aliphatic carbocycles. The van der Waals surface area contributed by atoms with Gasteiger partial charge in [0.05, 0.1) is 12.9 Å². The molecule has 2 aromatic carbocycles. The van der Waals surface area contributed by atoms with E-state index < -0.39 is 0 Å². The van der Waals surface area contributed by atoms with Crippen LogP contribution in [0.3, 0.4) is 0 Å². The molecule has 3 aromatic rings. The third-order valence-electron chi connectivity index (χ3n) is 5.54. The minimum Gasteiger partial charge on any atom is -0.497 e. The van der Waals surface area contributed by atoms with Crippen LogP contribution in [0.15, 0.2) is 53.7 Å². The van der Waals surface area contributed by atoms with E-state index in [9.17, 15) is 4.79 Å². The van der Waals surface area contributed by atoms with Crippen molar-refractivity contribution in [3.05, 3.63) is 59.9 Å². The Labute approximate surface area is 187 Å². The molecule has 0 bridgehead atoms. The SMILES string of the molecule is COc1ccc(-n2c(C)nnc2SCC(=O)N2CCN(c3ccccc3C)CC2)cc1. The maximum Gasteiger partial charge on any atom is 0.233 e. The van der Waals surface area contributed by atoms with Gasteiger partial charge in [0.2, 0.25) is 5.91 Å². The first kappa shape index (κ1) is 21.2. The number of aromatic nitrogens is 3. The van der Waals surface area contributed by atoms with Gasteiger partial charge in [-0.3, -0.25) is 9.36 Å². The molecule has 162 valence electrons. The van der Waals surface area contributed by atoms with Crippen molar-refractivity contribution in [2.75, 3.05) is 43.9 Å². The van der Waals surface area contributed by atoms with Crippen molar-refractivity contribution in [1.29, 1.82) is 0 Å². The van der Waals surface area contributed by atoms with Gasteiger partial charge in [-0.05, 0) is 49.7 Å². The van der Waals surface area contributed by atoms with E-state index in [1.165, 1.54) is 23.0 Å². The summed E-state index contributed by atoms with van der Waals surface area (Å²) in [5.41, 5.74) is 3.48. The number of anilines is 1. The number of benzene rings is 2. The van der Waals surface area contributed by atoms with Crippen molar-refractivity contribution in [2.45, 2.75) is 19.0 Å². The standard InChI is InChI=1S/C23H27N5O2S/c1-17-6-4-5-7-21(17)26-12-14-27(15-13-26)22(29)16-31-23-25-24-18(2)28(23)19-8-10-20(30-3)11-9-19/h4-11H,12-16H2,1-3H3. The molecule has 1 amide bonds. The van der Waals surface area contributed by atoms with Gasteiger partial charge in [0.1, 0.15) is 11.6 Å². The van der Waals surface area contributed by atoms with Crippen molar-refractivity contribution < 1.29 is 9.53 Å². The van der Waals surface area contributed by atoms with Crippen LogP contribution in [0.2, 0.25) is 0 Å². The van der Waals surface area contributed by atoms with Gasteiger partial charge in [-0.25, -0.2) is 0 Å². The van der Waals surface area contributed by atoms with E-state index in [0.717, 1.165) is 48.6 Å². The largest absolute Gasteiger partial charge is 0.497 e. The van der Waals surface area contributed by atoms with Crippen LogP contribution in [0.5, 0.6) is 5.75 Å². The number of ether oxygens (including phenoxy) is 1. The summed E-state index contributed by atoms with van der Waals surface area (Å²) in [7, 11) is 1.65. The molecule has 0 unspecified atom stereocenters. The summed E-state index contributed by atoms with van der Waals surface area (Å²) in [6, 6.07) is 16.1. The average molecular weight is 438 g/mol. The van der Waals surface area contributed by atoms with E-state index in [2.05, 4.69) is 46.3 Å². The summed E-state index contributed by atoms with van der Waals surface area (Å²) < 4.78 is 7.20. The summed E-state index contributed by atoms with van der Waals surface area (Å²) in [5.74, 6) is 2.06. The Kier molecular flexibility index (Phi) is 6.46. The highest BCUT2D eigenvalue weighted by atomic mass is 32.2. The van der Waals surface area contributed by atoms with Crippen LogP contribution in [0, 0.1) is 13.8 Å². The highest BCUT2D eigenvalue weighted by Gasteiger charge is 2.23. The lowest BCUT2D eigenvalue weighted by Gasteiger charge is -2.36. The summed E-state index contributed by atoms with van der Waals surface area (Å²) in [4.78, 5) is 17.1. The Morgan fingerprint density at radius 3 is 2.39 bits per heavy atom. The van der Waals surface area contributed by atoms with Crippen LogP contribution in [0.1, 0.15) is 11.4 Å². The Morgan fingerprint density at radius 2 is 1.71 bits per heavy atom. The molecule has 0 radical (unpaired) electrons. The predicted octanol–water partition coefficient (Wildman–Crippen LogP) is 3.33. The summed E-state index contributed by atoms with van der Waals surface area (Å²) in [5, 5.41) is 9.20. The van der Waals surface area contributed by atoms with Gasteiger partial charge in [-0.2, -0.15) is 0 Å². The number of hydrogen-bond acceptors (Lipinski definition) is 6. The van der Waals surface area contributed by atoms with Crippen LogP contribution < -0.4 is 9.64 Å². The molecule has 1 aliphatic heterocycles. The fraction of sp³-hybridized carbons (Fsp3) is 0.348. The molecular formula is C23H27N5O2S. The molecule has 31 heavy (non-hydrogen) atoms. The smallest absolute Gasteiger partial charge is 0.233 e. The zero-order valence-corrected chi connectivity index (χ0v) is 18.9. The number of para-hydroxylation sites is 1. The summed E-state index contributed by atoms with van der Waals surface area (Å²) >= 11 is 1.43. The number of hydrogen-bond donors (Lipinski definition) is 0. The Bertz CT molecular complexity index is 1040. The zero-order valence-electron chi connectivity index (χ0n) is 18.1. The number of aryl methyl sites for hydroxylation is 2. The molecule has 0 spiro atoms. The van der Waals surface area contributed by atoms with Gasteiger partial charge in [-0.15, -0.1) is 10.2 Å². The van der Waals surface area contributed by atoms with Crippen molar-refractivity contribution >= 4 is 23.4 Å². The highest BCUT2D eigenvalue weighted by Crippen LogP contribution is 2.25. The molecule has 0 atom stereocenters. The van der Waals surface area contributed by atoms with E-state index in [0.29, 0.717) is 5.75 Å². The van der Waals surface area contributed by atoms with Crippen molar-refractivity contribution in [1.82, 2.24) is 19.7 Å². The number of rotatable bonds is 6. The fourth-order valence-electron chi connectivity index (χ4n) is 3.80. The molecule has 0 saturated carbocycles. The van der Waals surface area contributed by atoms with E-state index in [1.54, 1.807) is 7.11 Å². The van der Waals surface area contributed by atoms with Crippen LogP contribution in [-0.4, -0.2) is 64.6 Å². The Hall–Kier alpha value is -3.00. The summed E-state index contributed by atoms with van der Waals surface area (Å²) in [6.07, 6.45) is 0. The second kappa shape index (κ2) is 9.43. The zero-order chi connectivity index (χ0) is 21.8. The molecule has 1 aromatic heterocycles. The second-order valence-electron chi connectivity index (χ2n) is 7.51. The van der Waals surface area contributed by atoms with Crippen molar-refractivity contribution in [3.8, 4) is 11.4 Å². The van der Waals surface area contributed by atoms with Crippen molar-refractivity contribution in [2.24, 2.45) is 0 Å². The van der Waals surface area contributed by atoms with Gasteiger partial charge in [0, 0.05) is 37.6 Å². The number of piperazine rings is 1. The molecule has 1 saturated heterocycles. The first-order chi connectivity index (χ1) is 15.1. The van der Waals surface area contributed by atoms with Gasteiger partial charge < -0.3 is 14.5 Å². The molecule has 2 heterocycles. The Balaban J connectivity index is 1.36. The third-order valence-corrected chi connectivity index (χ3v) is 6.45. The molecule has 0 N–H and O–H groups in total. The summed E-state index contributed by atoms with van der Waals surface area (Å²) in [6.45, 7) is 7.21. The lowest BCUT2D eigenvalue weighted by Crippen LogP contribution is -2.49. The van der Waals surface area contributed by atoms with Gasteiger partial charge in [0.25, 0.3) is 0 Å². The van der Waals surface area contributed by atoms with E-state index >= 15 is 0 Å². The quantitative estimate of drug-likeness (QED) is 0.551. The molecule has 7 nitrogen and oxygen atoms in total. The first-order valence-electron chi connectivity index (χ1n) is 10.3. The number of carbonyl (C=O) groups excluding carboxylic acids is 1. The predicted molar refractivity (Wildman–Crippen MR) is 123 cm³/mol. The maximum atomic E-state index is 12.8. The van der Waals surface area contributed by atoms with Gasteiger partial charge >= 0.3 is 0 Å². The maximum absolute atomic E-state index is 12.8. The lowest BCUT2D eigenvalue weighted by molar-refractivity contribution is -0.128. The van der Waals surface area contributed by atoms with E-state index in [-0.39, 0.29) is 5.91 Å². The molecule has 8 heteroatoms. The average Bonchev–Trinajstić information content (AvgIpc) is 3.18. The number of methoxy groups -OCH3 is 1. The third kappa shape index (κ3) is 4.69. The normalized spacial score (nSPS) is 14.0. The monoisotopic (exact) mass is 437 g/mol. The first-order valence-corrected chi connectivity index (χ1v) is 11.3. The lowest BCUT2D eigenvalue weighted by atomic mass is 10.1. The van der Waals surface area contributed by atoms with Crippen LogP contribution in [0.4, 0.5) is 5.69 Å². The minimum absolute atomic E-state index is 0.136. The molecule has 4 rings (SSSR count). The number of carbonyl (C=O) groups is 1. The highest BCUT2D eigenvalue weighted by molar-refractivity contribution is 7.99. The van der Waals surface area contributed by atoms with E-state index in [1.807, 2.05) is 40.7 Å². The molecular weight excluding hydrogens is 410 g/mol. The topological polar surface area (TPSA) is 63.5 Å².